The third-order valence-electron chi connectivity index (χ3n) is 3.12. The molecule has 0 spiro atoms. The Labute approximate surface area is 116 Å². The van der Waals surface area contributed by atoms with Gasteiger partial charge in [-0.15, -0.1) is 0 Å². The fourth-order valence-corrected chi connectivity index (χ4v) is 1.66. The number of hydrogen-bond acceptors (Lipinski definition) is 5. The number of nitrogens with zero attached hydrogens (tertiary/aromatic N) is 3. The third kappa shape index (κ3) is 3.46. The molecule has 1 saturated carbocycles. The van der Waals surface area contributed by atoms with Gasteiger partial charge < -0.3 is 19.8 Å². The highest BCUT2D eigenvalue weighted by atomic mass is 16.5. The van der Waals surface area contributed by atoms with E-state index in [4.69, 9.17) is 9.63 Å². The van der Waals surface area contributed by atoms with Crippen LogP contribution in [0.3, 0.4) is 0 Å². The molecule has 1 atom stereocenters. The van der Waals surface area contributed by atoms with Crippen LogP contribution in [0.4, 0.5) is 4.79 Å². The smallest absolute Gasteiger partial charge is 0.325 e. The van der Waals surface area contributed by atoms with E-state index >= 15 is 0 Å². The highest BCUT2D eigenvalue weighted by Crippen LogP contribution is 2.38. The van der Waals surface area contributed by atoms with Gasteiger partial charge in [-0.2, -0.15) is 4.98 Å². The van der Waals surface area contributed by atoms with Gasteiger partial charge in [0.15, 0.2) is 5.82 Å². The number of carboxylic acid groups (broad SMARTS) is 1. The lowest BCUT2D eigenvalue weighted by molar-refractivity contribution is -0.138. The monoisotopic (exact) mass is 282 g/mol. The Morgan fingerprint density at radius 3 is 2.80 bits per heavy atom. The summed E-state index contributed by atoms with van der Waals surface area (Å²) in [4.78, 5) is 28.3. The average Bonchev–Trinajstić information content (AvgIpc) is 3.15. The number of hydrogen-bond donors (Lipinski definition) is 2. The van der Waals surface area contributed by atoms with Crippen molar-refractivity contribution in [1.82, 2.24) is 20.4 Å². The van der Waals surface area contributed by atoms with E-state index in [9.17, 15) is 9.59 Å². The number of carbonyl (C=O) groups is 2. The van der Waals surface area contributed by atoms with Crippen LogP contribution in [0.2, 0.25) is 0 Å². The lowest BCUT2D eigenvalue weighted by Gasteiger charge is -2.21. The van der Waals surface area contributed by atoms with Crippen LogP contribution in [0.25, 0.3) is 0 Å². The van der Waals surface area contributed by atoms with Gasteiger partial charge in [-0.05, 0) is 26.7 Å². The summed E-state index contributed by atoms with van der Waals surface area (Å²) < 4.78 is 5.12. The van der Waals surface area contributed by atoms with Gasteiger partial charge in [-0.3, -0.25) is 4.79 Å². The second kappa shape index (κ2) is 5.89. The Morgan fingerprint density at radius 1 is 1.55 bits per heavy atom. The maximum atomic E-state index is 11.9. The van der Waals surface area contributed by atoms with Gasteiger partial charge in [0.1, 0.15) is 6.04 Å². The number of urea groups is 1. The van der Waals surface area contributed by atoms with Crippen molar-refractivity contribution in [2.24, 2.45) is 0 Å². The fourth-order valence-electron chi connectivity index (χ4n) is 1.66. The number of aliphatic carboxylic acids is 1. The van der Waals surface area contributed by atoms with Gasteiger partial charge in [0.05, 0.1) is 6.54 Å². The molecule has 1 heterocycles. The normalized spacial score (nSPS) is 15.7. The molecule has 1 aromatic rings. The van der Waals surface area contributed by atoms with Gasteiger partial charge in [-0.25, -0.2) is 4.79 Å². The van der Waals surface area contributed by atoms with Crippen LogP contribution in [0, 0.1) is 0 Å². The van der Waals surface area contributed by atoms with Crippen LogP contribution in [0.5, 0.6) is 0 Å². The number of carboxylic acids is 1. The Hall–Kier alpha value is -2.12. The molecule has 20 heavy (non-hydrogen) atoms. The molecule has 0 radical (unpaired) electrons. The van der Waals surface area contributed by atoms with E-state index in [0.717, 1.165) is 12.8 Å². The van der Waals surface area contributed by atoms with E-state index in [-0.39, 0.29) is 6.54 Å². The minimum absolute atomic E-state index is 0.199. The van der Waals surface area contributed by atoms with Crippen molar-refractivity contribution in [2.75, 3.05) is 6.54 Å². The molecule has 1 aliphatic carbocycles. The quantitative estimate of drug-likeness (QED) is 0.804. The molecular formula is C12H18N4O4. The molecule has 0 aliphatic heterocycles. The molecule has 8 heteroatoms. The number of rotatable bonds is 6. The van der Waals surface area contributed by atoms with Crippen molar-refractivity contribution < 1.29 is 19.2 Å². The molecule has 1 aromatic heterocycles. The van der Waals surface area contributed by atoms with E-state index in [1.54, 1.807) is 6.92 Å². The van der Waals surface area contributed by atoms with Crippen LogP contribution < -0.4 is 5.32 Å². The molecule has 8 nitrogen and oxygen atoms in total. The summed E-state index contributed by atoms with van der Waals surface area (Å²) in [6.45, 7) is 3.83. The molecule has 0 unspecified atom stereocenters. The van der Waals surface area contributed by atoms with Crippen molar-refractivity contribution in [2.45, 2.75) is 45.2 Å². The molecule has 110 valence electrons. The minimum Gasteiger partial charge on any atom is -0.480 e. The zero-order valence-corrected chi connectivity index (χ0v) is 11.5. The molecule has 1 fully saturated rings. The fraction of sp³-hybridized carbons (Fsp3) is 0.667. The van der Waals surface area contributed by atoms with Crippen LogP contribution in [0.15, 0.2) is 4.52 Å². The van der Waals surface area contributed by atoms with Gasteiger partial charge in [0, 0.05) is 12.5 Å². The number of amides is 2. The molecule has 2 N–H and O–H groups in total. The number of nitrogens with one attached hydrogen (secondary N) is 1. The highest BCUT2D eigenvalue weighted by molar-refractivity contribution is 5.82. The van der Waals surface area contributed by atoms with E-state index in [0.29, 0.717) is 24.2 Å². The maximum absolute atomic E-state index is 11.9. The van der Waals surface area contributed by atoms with Crippen molar-refractivity contribution in [3.05, 3.63) is 11.7 Å². The third-order valence-corrected chi connectivity index (χ3v) is 3.12. The Kier molecular flexibility index (Phi) is 4.21. The number of aromatic nitrogens is 2. The van der Waals surface area contributed by atoms with E-state index in [1.807, 2.05) is 0 Å². The van der Waals surface area contributed by atoms with Gasteiger partial charge >= 0.3 is 12.0 Å². The van der Waals surface area contributed by atoms with Gasteiger partial charge in [0.25, 0.3) is 0 Å². The van der Waals surface area contributed by atoms with Gasteiger partial charge in [-0.1, -0.05) is 5.16 Å². The van der Waals surface area contributed by atoms with Crippen LogP contribution in [-0.4, -0.2) is 44.7 Å². The van der Waals surface area contributed by atoms with E-state index < -0.39 is 18.0 Å². The van der Waals surface area contributed by atoms with Crippen molar-refractivity contribution >= 4 is 12.0 Å². The second-order valence-corrected chi connectivity index (χ2v) is 4.85. The first kappa shape index (κ1) is 14.3. The second-order valence-electron chi connectivity index (χ2n) is 4.85. The first-order valence-corrected chi connectivity index (χ1v) is 6.62. The minimum atomic E-state index is -1.08. The summed E-state index contributed by atoms with van der Waals surface area (Å²) in [6, 6.07) is -1.40. The predicted molar refractivity (Wildman–Crippen MR) is 68.0 cm³/mol. The van der Waals surface area contributed by atoms with E-state index in [1.165, 1.54) is 11.8 Å². The van der Waals surface area contributed by atoms with Crippen LogP contribution in [-0.2, 0) is 11.3 Å². The summed E-state index contributed by atoms with van der Waals surface area (Å²) in [7, 11) is 0. The molecule has 1 aliphatic rings. The number of carbonyl (C=O) groups excluding carboxylic acids is 1. The lowest BCUT2D eigenvalue weighted by Crippen LogP contribution is -2.46. The summed E-state index contributed by atoms with van der Waals surface area (Å²) >= 11 is 0. The zero-order chi connectivity index (χ0) is 14.7. The Morgan fingerprint density at radius 2 is 2.25 bits per heavy atom. The first-order chi connectivity index (χ1) is 9.51. The molecular weight excluding hydrogens is 264 g/mol. The topological polar surface area (TPSA) is 109 Å². The molecule has 2 rings (SSSR count). The SMILES string of the molecule is CCN(Cc1noc(C2CC2)n1)C(=O)N[C@H](C)C(=O)O. The van der Waals surface area contributed by atoms with Crippen molar-refractivity contribution in [3.63, 3.8) is 0 Å². The first-order valence-electron chi connectivity index (χ1n) is 6.62. The molecule has 0 bridgehead atoms. The van der Waals surface area contributed by atoms with Crippen LogP contribution >= 0.6 is 0 Å². The van der Waals surface area contributed by atoms with Gasteiger partial charge in [0.2, 0.25) is 5.89 Å². The average molecular weight is 282 g/mol. The maximum Gasteiger partial charge on any atom is 0.325 e. The van der Waals surface area contributed by atoms with Crippen molar-refractivity contribution in [1.29, 1.82) is 0 Å². The standard InChI is InChI=1S/C12H18N4O4/c1-3-16(12(19)13-7(2)11(17)18)6-9-14-10(20-15-9)8-4-5-8/h7-8H,3-6H2,1-2H3,(H,13,19)(H,17,18)/t7-/m1/s1. The molecule has 2 amide bonds. The molecule has 0 saturated heterocycles. The summed E-state index contributed by atoms with van der Waals surface area (Å²) in [5.74, 6) is 0.347. The summed E-state index contributed by atoms with van der Waals surface area (Å²) in [5, 5.41) is 15.0. The van der Waals surface area contributed by atoms with E-state index in [2.05, 4.69) is 15.5 Å². The summed E-state index contributed by atoms with van der Waals surface area (Å²) in [5.41, 5.74) is 0. The molecule has 0 aromatic carbocycles. The predicted octanol–water partition coefficient (Wildman–Crippen LogP) is 0.952. The Bertz CT molecular complexity index is 497. The Balaban J connectivity index is 1.93. The van der Waals surface area contributed by atoms with Crippen LogP contribution in [0.1, 0.15) is 44.3 Å². The summed E-state index contributed by atoms with van der Waals surface area (Å²) in [6.07, 6.45) is 2.13. The zero-order valence-electron chi connectivity index (χ0n) is 11.5. The highest BCUT2D eigenvalue weighted by Gasteiger charge is 2.30. The lowest BCUT2D eigenvalue weighted by atomic mass is 10.3. The largest absolute Gasteiger partial charge is 0.480 e. The van der Waals surface area contributed by atoms with Crippen molar-refractivity contribution in [3.8, 4) is 0 Å².